The molecule has 0 aromatic carbocycles. The summed E-state index contributed by atoms with van der Waals surface area (Å²) in [6.07, 6.45) is 6.02. The van der Waals surface area contributed by atoms with E-state index < -0.39 is 0 Å². The van der Waals surface area contributed by atoms with E-state index >= 15 is 0 Å². The van der Waals surface area contributed by atoms with Gasteiger partial charge in [0.2, 0.25) is 0 Å². The number of likely N-dealkylation sites (tertiary alicyclic amines) is 1. The van der Waals surface area contributed by atoms with Crippen LogP contribution in [0.5, 0.6) is 0 Å². The summed E-state index contributed by atoms with van der Waals surface area (Å²) in [5.41, 5.74) is 1.41. The second kappa shape index (κ2) is 7.21. The highest BCUT2D eigenvalue weighted by atomic mass is 32.1. The van der Waals surface area contributed by atoms with Crippen molar-refractivity contribution < 1.29 is 4.79 Å². The Balaban J connectivity index is 1.49. The lowest BCUT2D eigenvalue weighted by Gasteiger charge is -2.31. The first kappa shape index (κ1) is 16.7. The van der Waals surface area contributed by atoms with E-state index in [1.165, 1.54) is 0 Å². The van der Waals surface area contributed by atoms with Gasteiger partial charge >= 0.3 is 0 Å². The molecule has 1 N–H and O–H groups in total. The number of aromatic nitrogens is 4. The Morgan fingerprint density at radius 2 is 2.16 bits per heavy atom. The normalized spacial score (nSPS) is 22.3. The lowest BCUT2D eigenvalue weighted by Crippen LogP contribution is -2.39. The molecule has 4 heterocycles. The van der Waals surface area contributed by atoms with Crippen molar-refractivity contribution in [2.24, 2.45) is 0 Å². The highest BCUT2D eigenvalue weighted by Gasteiger charge is 2.30. The van der Waals surface area contributed by atoms with Gasteiger partial charge in [-0.2, -0.15) is 0 Å². The average Bonchev–Trinajstić information content (AvgIpc) is 3.32. The second-order valence-corrected chi connectivity index (χ2v) is 7.84. The van der Waals surface area contributed by atoms with E-state index in [9.17, 15) is 4.79 Å². The quantitative estimate of drug-likeness (QED) is 0.906. The SMILES string of the molecule is Cc1c(C(=O)N2CCCC(c3nccs3)C2)nnn1C1CCNCC1. The number of piperidine rings is 2. The molecule has 0 saturated carbocycles. The van der Waals surface area contributed by atoms with Gasteiger partial charge in [0, 0.05) is 30.6 Å². The van der Waals surface area contributed by atoms with E-state index in [0.717, 1.165) is 62.6 Å². The molecule has 0 aliphatic carbocycles. The lowest BCUT2D eigenvalue weighted by molar-refractivity contribution is 0.0700. The minimum Gasteiger partial charge on any atom is -0.336 e. The van der Waals surface area contributed by atoms with E-state index in [-0.39, 0.29) is 5.91 Å². The molecule has 2 aliphatic heterocycles. The number of hydrogen-bond acceptors (Lipinski definition) is 6. The molecule has 8 heteroatoms. The van der Waals surface area contributed by atoms with Crippen LogP contribution in [0.25, 0.3) is 0 Å². The highest BCUT2D eigenvalue weighted by molar-refractivity contribution is 7.09. The first-order valence-electron chi connectivity index (χ1n) is 9.05. The number of hydrogen-bond donors (Lipinski definition) is 1. The summed E-state index contributed by atoms with van der Waals surface area (Å²) < 4.78 is 1.95. The molecule has 2 aromatic rings. The molecule has 25 heavy (non-hydrogen) atoms. The molecule has 2 fully saturated rings. The Kier molecular flexibility index (Phi) is 4.80. The van der Waals surface area contributed by atoms with E-state index in [2.05, 4.69) is 20.6 Å². The molecule has 0 spiro atoms. The Morgan fingerprint density at radius 3 is 2.92 bits per heavy atom. The number of carbonyl (C=O) groups is 1. The molecule has 134 valence electrons. The summed E-state index contributed by atoms with van der Waals surface area (Å²) in [5.74, 6) is 0.358. The van der Waals surface area contributed by atoms with Gasteiger partial charge in [-0.3, -0.25) is 4.79 Å². The van der Waals surface area contributed by atoms with Crippen molar-refractivity contribution >= 4 is 17.2 Å². The summed E-state index contributed by atoms with van der Waals surface area (Å²) in [6.45, 7) is 5.48. The van der Waals surface area contributed by atoms with Crippen LogP contribution in [0.3, 0.4) is 0 Å². The minimum absolute atomic E-state index is 0.0129. The Morgan fingerprint density at radius 1 is 1.32 bits per heavy atom. The van der Waals surface area contributed by atoms with Crippen LogP contribution in [-0.4, -0.2) is 57.0 Å². The fourth-order valence-electron chi connectivity index (χ4n) is 3.89. The van der Waals surface area contributed by atoms with Gasteiger partial charge in [-0.1, -0.05) is 5.21 Å². The summed E-state index contributed by atoms with van der Waals surface area (Å²) in [5, 5.41) is 15.0. The first-order chi connectivity index (χ1) is 12.2. The third kappa shape index (κ3) is 3.32. The minimum atomic E-state index is 0.0129. The van der Waals surface area contributed by atoms with E-state index in [1.54, 1.807) is 11.3 Å². The standard InChI is InChI=1S/C17H24N6OS/c1-12-15(20-21-23(12)14-4-6-18-7-5-14)17(24)22-9-2-3-13(11-22)16-19-8-10-25-16/h8,10,13-14,18H,2-7,9,11H2,1H3. The molecule has 2 aromatic heterocycles. The van der Waals surface area contributed by atoms with Crippen LogP contribution in [0.4, 0.5) is 0 Å². The predicted molar refractivity (Wildman–Crippen MR) is 95.9 cm³/mol. The van der Waals surface area contributed by atoms with Crippen molar-refractivity contribution in [3.63, 3.8) is 0 Å². The Hall–Kier alpha value is -1.80. The van der Waals surface area contributed by atoms with Gasteiger partial charge in [0.25, 0.3) is 5.91 Å². The maximum absolute atomic E-state index is 13.0. The zero-order chi connectivity index (χ0) is 17.2. The lowest BCUT2D eigenvalue weighted by atomic mass is 9.98. The molecule has 7 nitrogen and oxygen atoms in total. The van der Waals surface area contributed by atoms with Gasteiger partial charge in [-0.25, -0.2) is 9.67 Å². The van der Waals surface area contributed by atoms with Crippen molar-refractivity contribution in [2.75, 3.05) is 26.2 Å². The van der Waals surface area contributed by atoms with Crippen molar-refractivity contribution in [2.45, 2.75) is 44.6 Å². The van der Waals surface area contributed by atoms with Gasteiger partial charge in [0.05, 0.1) is 16.7 Å². The van der Waals surface area contributed by atoms with Crippen LogP contribution >= 0.6 is 11.3 Å². The molecule has 1 amide bonds. The topological polar surface area (TPSA) is 75.9 Å². The van der Waals surface area contributed by atoms with Crippen LogP contribution < -0.4 is 5.32 Å². The molecular formula is C17H24N6OS. The molecule has 1 atom stereocenters. The monoisotopic (exact) mass is 360 g/mol. The second-order valence-electron chi connectivity index (χ2n) is 6.91. The maximum atomic E-state index is 13.0. The number of amides is 1. The molecule has 4 rings (SSSR count). The van der Waals surface area contributed by atoms with Crippen LogP contribution in [0.1, 0.15) is 58.8 Å². The summed E-state index contributed by atoms with van der Waals surface area (Å²) >= 11 is 1.68. The number of thiazole rings is 1. The predicted octanol–water partition coefficient (Wildman–Crippen LogP) is 1.99. The van der Waals surface area contributed by atoms with E-state index in [1.807, 2.05) is 28.1 Å². The number of nitrogens with one attached hydrogen (secondary N) is 1. The molecule has 0 radical (unpaired) electrons. The Labute approximate surface area is 151 Å². The van der Waals surface area contributed by atoms with Crippen molar-refractivity contribution in [1.82, 2.24) is 30.2 Å². The van der Waals surface area contributed by atoms with Crippen LogP contribution in [-0.2, 0) is 0 Å². The van der Waals surface area contributed by atoms with Gasteiger partial charge in [-0.05, 0) is 45.7 Å². The maximum Gasteiger partial charge on any atom is 0.276 e. The largest absolute Gasteiger partial charge is 0.336 e. The third-order valence-electron chi connectivity index (χ3n) is 5.29. The van der Waals surface area contributed by atoms with E-state index in [0.29, 0.717) is 17.7 Å². The summed E-state index contributed by atoms with van der Waals surface area (Å²) in [7, 11) is 0. The molecule has 2 aliphatic rings. The van der Waals surface area contributed by atoms with Gasteiger partial charge in [0.15, 0.2) is 5.69 Å². The molecule has 1 unspecified atom stereocenters. The number of carbonyl (C=O) groups excluding carboxylic acids is 1. The fraction of sp³-hybridized carbons (Fsp3) is 0.647. The van der Waals surface area contributed by atoms with Gasteiger partial charge < -0.3 is 10.2 Å². The summed E-state index contributed by atoms with van der Waals surface area (Å²) in [6, 6.07) is 0.347. The Bertz CT molecular complexity index is 722. The third-order valence-corrected chi connectivity index (χ3v) is 6.23. The molecule has 2 saturated heterocycles. The number of nitrogens with zero attached hydrogens (tertiary/aromatic N) is 5. The van der Waals surface area contributed by atoms with Crippen LogP contribution in [0, 0.1) is 6.92 Å². The smallest absolute Gasteiger partial charge is 0.276 e. The van der Waals surface area contributed by atoms with E-state index in [4.69, 9.17) is 0 Å². The highest BCUT2D eigenvalue weighted by Crippen LogP contribution is 2.29. The number of rotatable bonds is 3. The molecular weight excluding hydrogens is 336 g/mol. The van der Waals surface area contributed by atoms with Gasteiger partial charge in [-0.15, -0.1) is 16.4 Å². The first-order valence-corrected chi connectivity index (χ1v) is 9.93. The average molecular weight is 360 g/mol. The summed E-state index contributed by atoms with van der Waals surface area (Å²) in [4.78, 5) is 19.4. The van der Waals surface area contributed by atoms with Crippen molar-refractivity contribution in [3.05, 3.63) is 28.0 Å². The molecule has 0 bridgehead atoms. The fourth-order valence-corrected chi connectivity index (χ4v) is 4.65. The van der Waals surface area contributed by atoms with Gasteiger partial charge in [0.1, 0.15) is 0 Å². The van der Waals surface area contributed by atoms with Crippen LogP contribution in [0.15, 0.2) is 11.6 Å². The van der Waals surface area contributed by atoms with Crippen molar-refractivity contribution in [3.8, 4) is 0 Å². The van der Waals surface area contributed by atoms with Crippen LogP contribution in [0.2, 0.25) is 0 Å². The zero-order valence-electron chi connectivity index (χ0n) is 14.5. The zero-order valence-corrected chi connectivity index (χ0v) is 15.3. The van der Waals surface area contributed by atoms with Crippen molar-refractivity contribution in [1.29, 1.82) is 0 Å².